The first-order valence-corrected chi connectivity index (χ1v) is 3.07. The second kappa shape index (κ2) is 5.77. The molecule has 0 atom stereocenters. The molecule has 0 aromatic carbocycles. The van der Waals surface area contributed by atoms with Crippen molar-refractivity contribution in [1.82, 2.24) is 0 Å². The third-order valence-electron chi connectivity index (χ3n) is 1.57. The van der Waals surface area contributed by atoms with Gasteiger partial charge in [-0.2, -0.15) is 0 Å². The summed E-state index contributed by atoms with van der Waals surface area (Å²) in [7, 11) is 0. The van der Waals surface area contributed by atoms with Gasteiger partial charge in [-0.25, -0.2) is 0 Å². The molecule has 0 aromatic rings. The molecule has 0 bridgehead atoms. The molecule has 1 aliphatic carbocycles. The topological polar surface area (TPSA) is 20.2 Å². The summed E-state index contributed by atoms with van der Waals surface area (Å²) in [5.41, 5.74) is 0. The molecule has 0 aliphatic heterocycles. The number of aliphatic hydroxyl groups excluding tert-OH is 1. The van der Waals surface area contributed by atoms with Crippen molar-refractivity contribution in [2.24, 2.45) is 0 Å². The molecular weight excluding hydrogens is 221 g/mol. The van der Waals surface area contributed by atoms with Crippen molar-refractivity contribution in [3.05, 3.63) is 0 Å². The molecule has 1 N–H and O–H groups in total. The van der Waals surface area contributed by atoms with Crippen molar-refractivity contribution < 1.29 is 5.11 Å². The number of hydrogen-bond acceptors (Lipinski definition) is 1. The summed E-state index contributed by atoms with van der Waals surface area (Å²) in [5.74, 6) is 0. The van der Waals surface area contributed by atoms with E-state index in [0.29, 0.717) is 0 Å². The van der Waals surface area contributed by atoms with Gasteiger partial charge in [0, 0.05) is 0 Å². The maximum atomic E-state index is 8.91. The Balaban J connectivity index is 0.000000490. The van der Waals surface area contributed by atoms with Crippen molar-refractivity contribution in [3.63, 3.8) is 0 Å². The third kappa shape index (κ3) is 3.93. The van der Waals surface area contributed by atoms with Crippen LogP contribution < -0.4 is 0 Å². The van der Waals surface area contributed by atoms with Crippen LogP contribution in [0.5, 0.6) is 0 Å². The number of aliphatic hydroxyl groups is 1. The third-order valence-corrected chi connectivity index (χ3v) is 1.57. The average molecular weight is 234 g/mol. The van der Waals surface area contributed by atoms with Crippen molar-refractivity contribution in [1.29, 1.82) is 0 Å². The van der Waals surface area contributed by atoms with Gasteiger partial charge in [-0.05, 0) is 12.8 Å². The fraction of sp³-hybridized carbons (Fsp3) is 1.00. The van der Waals surface area contributed by atoms with Gasteiger partial charge in [0.05, 0.1) is 6.10 Å². The van der Waals surface area contributed by atoms with Gasteiger partial charge in [-0.3, -0.25) is 0 Å². The van der Waals surface area contributed by atoms with Crippen LogP contribution in [-0.2, 0) is 0 Å². The predicted octanol–water partition coefficient (Wildman–Crippen LogP) is 0.663. The van der Waals surface area contributed by atoms with Crippen molar-refractivity contribution in [3.8, 4) is 0 Å². The zero-order valence-electron chi connectivity index (χ0n) is 4.56. The molecule has 0 aromatic heterocycles. The van der Waals surface area contributed by atoms with Gasteiger partial charge in [0.25, 0.3) is 0 Å². The maximum absolute atomic E-state index is 8.91. The second-order valence-corrected chi connectivity index (χ2v) is 2.29. The molecule has 8 heavy (non-hydrogen) atoms. The first-order chi connectivity index (χ1) is 3.39. The molecule has 0 unspecified atom stereocenters. The Hall–Kier alpha value is 2.01. The zero-order chi connectivity index (χ0) is 5.11. The van der Waals surface area contributed by atoms with E-state index in [4.69, 9.17) is 5.11 Å². The Kier molecular flexibility index (Phi) is 7.22. The van der Waals surface area contributed by atoms with Gasteiger partial charge in [-0.15, -0.1) is 0 Å². The summed E-state index contributed by atoms with van der Waals surface area (Å²) < 4.78 is 0. The van der Waals surface area contributed by atoms with Gasteiger partial charge >= 0.3 is 68.9 Å². The Morgan fingerprint density at radius 3 is 1.75 bits per heavy atom. The van der Waals surface area contributed by atoms with Gasteiger partial charge in [0.15, 0.2) is 0 Å². The minimum atomic E-state index is 0. The van der Waals surface area contributed by atoms with Gasteiger partial charge < -0.3 is 5.11 Å². The van der Waals surface area contributed by atoms with E-state index >= 15 is 0 Å². The zero-order valence-corrected chi connectivity index (χ0v) is 4.56. The van der Waals surface area contributed by atoms with Crippen LogP contribution in [0.4, 0.5) is 0 Å². The van der Waals surface area contributed by atoms with Crippen molar-refractivity contribution in [2.75, 3.05) is 0 Å². The van der Waals surface area contributed by atoms with Crippen LogP contribution >= 0.6 is 0 Å². The standard InChI is InChI=1S/C6H12O.Cs.H/c7-6-4-2-1-3-5-6;;/h6-7H,1-5H2;;. The summed E-state index contributed by atoms with van der Waals surface area (Å²) in [6.07, 6.45) is 5.92. The van der Waals surface area contributed by atoms with Crippen LogP contribution in [0.25, 0.3) is 0 Å². The fourth-order valence-corrected chi connectivity index (χ4v) is 1.08. The molecule has 44 valence electrons. The van der Waals surface area contributed by atoms with E-state index in [0.717, 1.165) is 12.8 Å². The van der Waals surface area contributed by atoms with Crippen molar-refractivity contribution in [2.45, 2.75) is 38.2 Å². The first-order valence-electron chi connectivity index (χ1n) is 3.07. The SMILES string of the molecule is OC1CCCCC1.[CsH]. The van der Waals surface area contributed by atoms with E-state index in [-0.39, 0.29) is 75.0 Å². The molecule has 0 radical (unpaired) electrons. The van der Waals surface area contributed by atoms with Crippen LogP contribution in [-0.4, -0.2) is 80.1 Å². The molecule has 0 amide bonds. The van der Waals surface area contributed by atoms with E-state index < -0.39 is 0 Å². The van der Waals surface area contributed by atoms with Gasteiger partial charge in [0.1, 0.15) is 0 Å². The van der Waals surface area contributed by atoms with E-state index in [1.165, 1.54) is 19.3 Å². The summed E-state index contributed by atoms with van der Waals surface area (Å²) in [6, 6.07) is 0. The summed E-state index contributed by atoms with van der Waals surface area (Å²) in [6.45, 7) is 0. The quantitative estimate of drug-likeness (QED) is 0.652. The normalized spacial score (nSPS) is 22.1. The van der Waals surface area contributed by atoms with Gasteiger partial charge in [0.2, 0.25) is 0 Å². The van der Waals surface area contributed by atoms with Gasteiger partial charge in [-0.1, -0.05) is 19.3 Å². The summed E-state index contributed by atoms with van der Waals surface area (Å²) >= 11 is 0. The van der Waals surface area contributed by atoms with E-state index in [1.54, 1.807) is 0 Å². The Morgan fingerprint density at radius 2 is 1.50 bits per heavy atom. The van der Waals surface area contributed by atoms with E-state index in [1.807, 2.05) is 0 Å². The molecule has 1 rings (SSSR count). The van der Waals surface area contributed by atoms with Crippen LogP contribution in [0.1, 0.15) is 32.1 Å². The predicted molar refractivity (Wildman–Crippen MR) is 36.2 cm³/mol. The molecular formula is C6H13CsO. The van der Waals surface area contributed by atoms with Crippen LogP contribution in [0, 0.1) is 0 Å². The molecule has 0 saturated heterocycles. The number of hydrogen-bond donors (Lipinski definition) is 1. The summed E-state index contributed by atoms with van der Waals surface area (Å²) in [4.78, 5) is 0. The first kappa shape index (κ1) is 10.0. The molecule has 1 saturated carbocycles. The van der Waals surface area contributed by atoms with E-state index in [9.17, 15) is 0 Å². The molecule has 1 nitrogen and oxygen atoms in total. The van der Waals surface area contributed by atoms with Crippen LogP contribution in [0.3, 0.4) is 0 Å². The average Bonchev–Trinajstić information content (AvgIpc) is 1.69. The Morgan fingerprint density at radius 1 is 1.00 bits per heavy atom. The number of rotatable bonds is 0. The monoisotopic (exact) mass is 234 g/mol. The molecule has 2 heteroatoms. The Labute approximate surface area is 110 Å². The van der Waals surface area contributed by atoms with Crippen LogP contribution in [0.15, 0.2) is 0 Å². The molecule has 1 aliphatic rings. The van der Waals surface area contributed by atoms with Crippen LogP contribution in [0.2, 0.25) is 0 Å². The summed E-state index contributed by atoms with van der Waals surface area (Å²) in [5, 5.41) is 8.91. The van der Waals surface area contributed by atoms with E-state index in [2.05, 4.69) is 0 Å². The fourth-order valence-electron chi connectivity index (χ4n) is 1.08. The second-order valence-electron chi connectivity index (χ2n) is 2.29. The van der Waals surface area contributed by atoms with Crippen molar-refractivity contribution >= 4 is 68.9 Å². The molecule has 0 heterocycles. The molecule has 0 spiro atoms. The minimum absolute atomic E-state index is 0. The molecule has 1 fully saturated rings. The Bertz CT molecular complexity index is 50.5.